The van der Waals surface area contributed by atoms with Gasteiger partial charge in [-0.2, -0.15) is 0 Å². The predicted octanol–water partition coefficient (Wildman–Crippen LogP) is 3.12. The van der Waals surface area contributed by atoms with Crippen molar-refractivity contribution in [2.45, 2.75) is 19.4 Å². The Morgan fingerprint density at radius 2 is 2.36 bits per heavy atom. The summed E-state index contributed by atoms with van der Waals surface area (Å²) in [7, 11) is 0. The summed E-state index contributed by atoms with van der Waals surface area (Å²) in [6.07, 6.45) is 6.56. The molecule has 1 atom stereocenters. The van der Waals surface area contributed by atoms with E-state index in [1.165, 1.54) is 0 Å². The molecule has 0 bridgehead atoms. The first-order valence-corrected chi connectivity index (χ1v) is 5.52. The van der Waals surface area contributed by atoms with Crippen LogP contribution in [0.1, 0.15) is 24.9 Å². The molecule has 1 unspecified atom stereocenters. The van der Waals surface area contributed by atoms with Crippen molar-refractivity contribution < 1.29 is 0 Å². The van der Waals surface area contributed by atoms with Crippen molar-refractivity contribution in [3.05, 3.63) is 34.3 Å². The Labute approximate surface area is 94.0 Å². The van der Waals surface area contributed by atoms with E-state index < -0.39 is 0 Å². The van der Waals surface area contributed by atoms with Gasteiger partial charge in [-0.3, -0.25) is 0 Å². The van der Waals surface area contributed by atoms with Crippen LogP contribution in [0.3, 0.4) is 0 Å². The molecule has 0 aromatic heterocycles. The van der Waals surface area contributed by atoms with Gasteiger partial charge in [0.15, 0.2) is 0 Å². The first-order valence-electron chi connectivity index (χ1n) is 4.73. The molecule has 0 aliphatic rings. The molecule has 1 N–H and O–H groups in total. The molecule has 14 heavy (non-hydrogen) atoms. The summed E-state index contributed by atoms with van der Waals surface area (Å²) in [4.78, 5) is 0. The summed E-state index contributed by atoms with van der Waals surface area (Å²) >= 11 is 3.43. The summed E-state index contributed by atoms with van der Waals surface area (Å²) in [6.45, 7) is 3.07. The second kappa shape index (κ2) is 5.85. The summed E-state index contributed by atoms with van der Waals surface area (Å²) < 4.78 is 1.06. The van der Waals surface area contributed by atoms with Crippen LogP contribution in [-0.2, 0) is 0 Å². The SMILES string of the molecule is C#CC(NCCC)c1cccc(Br)c1. The number of rotatable bonds is 4. The van der Waals surface area contributed by atoms with Gasteiger partial charge in [0, 0.05) is 4.47 Å². The maximum absolute atomic E-state index is 5.47. The molecule has 0 aliphatic heterocycles. The largest absolute Gasteiger partial charge is 0.300 e. The Bertz CT molecular complexity index is 327. The van der Waals surface area contributed by atoms with E-state index in [1.54, 1.807) is 0 Å². The Hall–Kier alpha value is -0.780. The Balaban J connectivity index is 2.75. The highest BCUT2D eigenvalue weighted by Gasteiger charge is 2.06. The van der Waals surface area contributed by atoms with Crippen LogP contribution in [0.5, 0.6) is 0 Å². The normalized spacial score (nSPS) is 12.1. The highest BCUT2D eigenvalue weighted by Crippen LogP contribution is 2.17. The van der Waals surface area contributed by atoms with Crippen LogP contribution in [0.25, 0.3) is 0 Å². The zero-order valence-corrected chi connectivity index (χ0v) is 9.84. The van der Waals surface area contributed by atoms with Gasteiger partial charge in [0.05, 0.1) is 6.04 Å². The number of nitrogens with one attached hydrogen (secondary N) is 1. The summed E-state index contributed by atoms with van der Waals surface area (Å²) in [6, 6.07) is 8.10. The first kappa shape index (κ1) is 11.3. The van der Waals surface area contributed by atoms with E-state index in [-0.39, 0.29) is 6.04 Å². The third-order valence-corrected chi connectivity index (χ3v) is 2.44. The average Bonchev–Trinajstić information content (AvgIpc) is 2.19. The summed E-state index contributed by atoms with van der Waals surface area (Å²) in [5, 5.41) is 3.31. The van der Waals surface area contributed by atoms with E-state index in [1.807, 2.05) is 24.3 Å². The lowest BCUT2D eigenvalue weighted by atomic mass is 10.1. The van der Waals surface area contributed by atoms with Gasteiger partial charge < -0.3 is 5.32 Å². The van der Waals surface area contributed by atoms with Gasteiger partial charge in [0.25, 0.3) is 0 Å². The number of hydrogen-bond acceptors (Lipinski definition) is 1. The smallest absolute Gasteiger partial charge is 0.0943 e. The molecule has 74 valence electrons. The van der Waals surface area contributed by atoms with Crippen LogP contribution in [0, 0.1) is 12.3 Å². The average molecular weight is 252 g/mol. The molecule has 1 nitrogen and oxygen atoms in total. The van der Waals surface area contributed by atoms with Crippen LogP contribution < -0.4 is 5.32 Å². The molecule has 1 rings (SSSR count). The minimum Gasteiger partial charge on any atom is -0.300 e. The molecule has 1 aromatic carbocycles. The molecule has 0 spiro atoms. The maximum Gasteiger partial charge on any atom is 0.0943 e. The lowest BCUT2D eigenvalue weighted by Gasteiger charge is -2.12. The van der Waals surface area contributed by atoms with Gasteiger partial charge in [0.2, 0.25) is 0 Å². The van der Waals surface area contributed by atoms with E-state index >= 15 is 0 Å². The van der Waals surface area contributed by atoms with Gasteiger partial charge in [-0.25, -0.2) is 0 Å². The molecular formula is C12H14BrN. The van der Waals surface area contributed by atoms with Crippen molar-refractivity contribution in [2.24, 2.45) is 0 Å². The van der Waals surface area contributed by atoms with Crippen molar-refractivity contribution in [3.8, 4) is 12.3 Å². The van der Waals surface area contributed by atoms with Crippen LogP contribution in [-0.4, -0.2) is 6.54 Å². The molecule has 0 fully saturated rings. The van der Waals surface area contributed by atoms with Crippen molar-refractivity contribution in [1.82, 2.24) is 5.32 Å². The predicted molar refractivity (Wildman–Crippen MR) is 64.0 cm³/mol. The Morgan fingerprint density at radius 1 is 1.57 bits per heavy atom. The van der Waals surface area contributed by atoms with Crippen molar-refractivity contribution in [2.75, 3.05) is 6.54 Å². The van der Waals surface area contributed by atoms with Gasteiger partial charge >= 0.3 is 0 Å². The molecular weight excluding hydrogens is 238 g/mol. The second-order valence-electron chi connectivity index (χ2n) is 3.11. The molecule has 0 saturated carbocycles. The highest BCUT2D eigenvalue weighted by molar-refractivity contribution is 9.10. The topological polar surface area (TPSA) is 12.0 Å². The fourth-order valence-corrected chi connectivity index (χ4v) is 1.66. The number of benzene rings is 1. The zero-order valence-electron chi connectivity index (χ0n) is 8.26. The number of halogens is 1. The van der Waals surface area contributed by atoms with Crippen LogP contribution in [0.2, 0.25) is 0 Å². The minimum atomic E-state index is 0.0208. The number of hydrogen-bond donors (Lipinski definition) is 1. The van der Waals surface area contributed by atoms with Gasteiger partial charge in [-0.15, -0.1) is 6.42 Å². The highest BCUT2D eigenvalue weighted by atomic mass is 79.9. The molecule has 0 saturated heterocycles. The quantitative estimate of drug-likeness (QED) is 0.812. The first-order chi connectivity index (χ1) is 6.77. The van der Waals surface area contributed by atoms with Crippen LogP contribution in [0.15, 0.2) is 28.7 Å². The monoisotopic (exact) mass is 251 g/mol. The van der Waals surface area contributed by atoms with E-state index in [4.69, 9.17) is 6.42 Å². The zero-order chi connectivity index (χ0) is 10.4. The summed E-state index contributed by atoms with van der Waals surface area (Å²) in [5.74, 6) is 2.75. The van der Waals surface area contributed by atoms with Gasteiger partial charge in [-0.1, -0.05) is 40.9 Å². The minimum absolute atomic E-state index is 0.0208. The van der Waals surface area contributed by atoms with Crippen molar-refractivity contribution in [3.63, 3.8) is 0 Å². The molecule has 2 heteroatoms. The van der Waals surface area contributed by atoms with Crippen LogP contribution >= 0.6 is 15.9 Å². The summed E-state index contributed by atoms with van der Waals surface area (Å²) in [5.41, 5.74) is 1.13. The lowest BCUT2D eigenvalue weighted by Crippen LogP contribution is -2.20. The molecule has 0 heterocycles. The van der Waals surface area contributed by atoms with E-state index in [0.29, 0.717) is 0 Å². The fraction of sp³-hybridized carbons (Fsp3) is 0.333. The van der Waals surface area contributed by atoms with E-state index in [2.05, 4.69) is 34.1 Å². The third kappa shape index (κ3) is 3.17. The maximum atomic E-state index is 5.47. The van der Waals surface area contributed by atoms with Crippen LogP contribution in [0.4, 0.5) is 0 Å². The van der Waals surface area contributed by atoms with E-state index in [9.17, 15) is 0 Å². The number of terminal acetylenes is 1. The third-order valence-electron chi connectivity index (χ3n) is 1.95. The second-order valence-corrected chi connectivity index (χ2v) is 4.02. The van der Waals surface area contributed by atoms with Gasteiger partial charge in [0.1, 0.15) is 0 Å². The standard InChI is InChI=1S/C12H14BrN/c1-3-8-14-12(4-2)10-6-5-7-11(13)9-10/h2,5-7,9,12,14H,3,8H2,1H3. The van der Waals surface area contributed by atoms with Crippen molar-refractivity contribution >= 4 is 15.9 Å². The molecule has 0 amide bonds. The fourth-order valence-electron chi connectivity index (χ4n) is 1.25. The molecule has 0 radical (unpaired) electrons. The lowest BCUT2D eigenvalue weighted by molar-refractivity contribution is 0.626. The molecule has 1 aromatic rings. The molecule has 0 aliphatic carbocycles. The van der Waals surface area contributed by atoms with Gasteiger partial charge in [-0.05, 0) is 30.7 Å². The van der Waals surface area contributed by atoms with E-state index in [0.717, 1.165) is 23.0 Å². The Kier molecular flexibility index (Phi) is 4.72. The van der Waals surface area contributed by atoms with Crippen molar-refractivity contribution in [1.29, 1.82) is 0 Å². The Morgan fingerprint density at radius 3 is 2.93 bits per heavy atom.